The molecule has 116 valence electrons. The number of hydrogen-bond acceptors (Lipinski definition) is 3. The van der Waals surface area contributed by atoms with Crippen LogP contribution in [-0.2, 0) is 4.74 Å². The summed E-state index contributed by atoms with van der Waals surface area (Å²) >= 11 is 0. The summed E-state index contributed by atoms with van der Waals surface area (Å²) in [5, 5.41) is 0. The topological polar surface area (TPSA) is 35.0 Å². The van der Waals surface area contributed by atoms with E-state index in [2.05, 4.69) is 53.3 Å². The van der Waals surface area contributed by atoms with E-state index >= 15 is 0 Å². The van der Waals surface area contributed by atoms with Gasteiger partial charge < -0.3 is 4.74 Å². The minimum absolute atomic E-state index is 0.236. The Morgan fingerprint density at radius 3 is 2.57 bits per heavy atom. The summed E-state index contributed by atoms with van der Waals surface area (Å²) in [4.78, 5) is 8.74. The number of ether oxygens (including phenoxy) is 1. The molecule has 3 heteroatoms. The lowest BCUT2D eigenvalue weighted by molar-refractivity contribution is 0.0464. The van der Waals surface area contributed by atoms with Gasteiger partial charge in [0.15, 0.2) is 0 Å². The summed E-state index contributed by atoms with van der Waals surface area (Å²) in [7, 11) is 0. The average molecular weight is 304 g/mol. The molecule has 0 radical (unpaired) electrons. The molecule has 1 fully saturated rings. The summed E-state index contributed by atoms with van der Waals surface area (Å²) in [6, 6.07) is 15.0. The van der Waals surface area contributed by atoms with E-state index in [4.69, 9.17) is 4.74 Å². The lowest BCUT2D eigenvalue weighted by atomic mass is 9.98. The van der Waals surface area contributed by atoms with Gasteiger partial charge in [-0.25, -0.2) is 0 Å². The molecule has 1 atom stereocenters. The second-order valence-corrected chi connectivity index (χ2v) is 6.10. The first-order chi connectivity index (χ1) is 11.3. The van der Waals surface area contributed by atoms with Crippen LogP contribution >= 0.6 is 0 Å². The number of hydrogen-bond donors (Lipinski definition) is 0. The largest absolute Gasteiger partial charge is 0.374 e. The smallest absolute Gasteiger partial charge is 0.0892 e. The van der Waals surface area contributed by atoms with E-state index < -0.39 is 0 Å². The Kier molecular flexibility index (Phi) is 3.80. The molecule has 3 aromatic rings. The van der Waals surface area contributed by atoms with Crippen LogP contribution in [0, 0.1) is 5.92 Å². The monoisotopic (exact) mass is 304 g/mol. The van der Waals surface area contributed by atoms with Gasteiger partial charge in [-0.05, 0) is 60.6 Å². The van der Waals surface area contributed by atoms with Gasteiger partial charge in [-0.3, -0.25) is 9.97 Å². The number of fused-ring (bicyclic) bond motifs is 1. The van der Waals surface area contributed by atoms with E-state index in [1.54, 1.807) is 12.4 Å². The quantitative estimate of drug-likeness (QED) is 0.680. The van der Waals surface area contributed by atoms with Crippen LogP contribution in [0.5, 0.6) is 0 Å². The van der Waals surface area contributed by atoms with Crippen LogP contribution in [0.2, 0.25) is 0 Å². The zero-order chi connectivity index (χ0) is 15.6. The minimum atomic E-state index is 0.236. The van der Waals surface area contributed by atoms with Crippen molar-refractivity contribution >= 4 is 11.0 Å². The lowest BCUT2D eigenvalue weighted by Gasteiger charge is -2.17. The summed E-state index contributed by atoms with van der Waals surface area (Å²) in [6.07, 6.45) is 6.26. The van der Waals surface area contributed by atoms with Gasteiger partial charge in [0.05, 0.1) is 17.1 Å². The van der Waals surface area contributed by atoms with Gasteiger partial charge >= 0.3 is 0 Å². The Labute approximate surface area is 136 Å². The molecule has 1 unspecified atom stereocenters. The summed E-state index contributed by atoms with van der Waals surface area (Å²) in [5.41, 5.74) is 5.52. The third-order valence-corrected chi connectivity index (χ3v) is 4.41. The fourth-order valence-corrected chi connectivity index (χ4v) is 3.12. The van der Waals surface area contributed by atoms with Gasteiger partial charge in [0.2, 0.25) is 0 Å². The van der Waals surface area contributed by atoms with Gasteiger partial charge in [-0.15, -0.1) is 0 Å². The standard InChI is InChI=1S/C20H20N2O/c1-2-23-20(14-6-7-14)17-5-3-4-15(12-17)16-8-9-18-19(13-16)22-11-10-21-18/h3-5,8-14,20H,2,6-7H2,1H3. The van der Waals surface area contributed by atoms with Gasteiger partial charge in [0, 0.05) is 19.0 Å². The van der Waals surface area contributed by atoms with Crippen molar-refractivity contribution in [3.63, 3.8) is 0 Å². The lowest BCUT2D eigenvalue weighted by Crippen LogP contribution is -2.06. The maximum Gasteiger partial charge on any atom is 0.0892 e. The summed E-state index contributed by atoms with van der Waals surface area (Å²) in [6.45, 7) is 2.83. The van der Waals surface area contributed by atoms with Gasteiger partial charge in [0.25, 0.3) is 0 Å². The van der Waals surface area contributed by atoms with E-state index in [0.29, 0.717) is 5.92 Å². The third-order valence-electron chi connectivity index (χ3n) is 4.41. The zero-order valence-corrected chi connectivity index (χ0v) is 13.3. The Morgan fingerprint density at radius 2 is 1.78 bits per heavy atom. The Hall–Kier alpha value is -2.26. The van der Waals surface area contributed by atoms with Crippen LogP contribution < -0.4 is 0 Å². The fourth-order valence-electron chi connectivity index (χ4n) is 3.12. The highest BCUT2D eigenvalue weighted by atomic mass is 16.5. The Balaban J connectivity index is 1.71. The van der Waals surface area contributed by atoms with Crippen molar-refractivity contribution in [2.24, 2.45) is 5.92 Å². The summed E-state index contributed by atoms with van der Waals surface area (Å²) < 4.78 is 5.99. The van der Waals surface area contributed by atoms with Gasteiger partial charge in [-0.1, -0.05) is 24.3 Å². The van der Waals surface area contributed by atoms with Crippen molar-refractivity contribution in [2.75, 3.05) is 6.61 Å². The molecular formula is C20H20N2O. The third kappa shape index (κ3) is 2.97. The number of nitrogens with zero attached hydrogens (tertiary/aromatic N) is 2. The van der Waals surface area contributed by atoms with Crippen LogP contribution in [0.1, 0.15) is 31.4 Å². The van der Waals surface area contributed by atoms with Crippen LogP contribution in [0.4, 0.5) is 0 Å². The molecule has 0 bridgehead atoms. The zero-order valence-electron chi connectivity index (χ0n) is 13.3. The fraction of sp³-hybridized carbons (Fsp3) is 0.300. The van der Waals surface area contributed by atoms with Crippen molar-refractivity contribution < 1.29 is 4.74 Å². The molecule has 4 rings (SSSR count). The van der Waals surface area contributed by atoms with Crippen LogP contribution in [0.25, 0.3) is 22.2 Å². The highest BCUT2D eigenvalue weighted by Crippen LogP contribution is 2.43. The van der Waals surface area contributed by atoms with Crippen LogP contribution in [-0.4, -0.2) is 16.6 Å². The van der Waals surface area contributed by atoms with Gasteiger partial charge in [-0.2, -0.15) is 0 Å². The van der Waals surface area contributed by atoms with Crippen molar-refractivity contribution in [3.8, 4) is 11.1 Å². The molecule has 0 spiro atoms. The van der Waals surface area contributed by atoms with E-state index in [1.165, 1.54) is 29.5 Å². The SMILES string of the molecule is CCOC(c1cccc(-c2ccc3nccnc3c2)c1)C1CC1. The number of benzene rings is 2. The molecular weight excluding hydrogens is 284 g/mol. The maximum absolute atomic E-state index is 5.99. The van der Waals surface area contributed by atoms with E-state index in [9.17, 15) is 0 Å². The second kappa shape index (κ2) is 6.09. The number of rotatable bonds is 5. The molecule has 0 N–H and O–H groups in total. The Bertz CT molecular complexity index is 826. The van der Waals surface area contributed by atoms with Crippen LogP contribution in [0.3, 0.4) is 0 Å². The molecule has 2 aromatic carbocycles. The molecule has 23 heavy (non-hydrogen) atoms. The summed E-state index contributed by atoms with van der Waals surface area (Å²) in [5.74, 6) is 0.688. The predicted molar refractivity (Wildman–Crippen MR) is 92.1 cm³/mol. The molecule has 0 saturated heterocycles. The first kappa shape index (κ1) is 14.3. The van der Waals surface area contributed by atoms with Gasteiger partial charge in [0.1, 0.15) is 0 Å². The average Bonchev–Trinajstić information content (AvgIpc) is 3.44. The highest BCUT2D eigenvalue weighted by molar-refractivity contribution is 5.81. The molecule has 1 aliphatic carbocycles. The molecule has 1 aliphatic rings. The van der Waals surface area contributed by atoms with E-state index in [-0.39, 0.29) is 6.10 Å². The maximum atomic E-state index is 5.99. The first-order valence-corrected chi connectivity index (χ1v) is 8.28. The van der Waals surface area contributed by atoms with E-state index in [1.807, 2.05) is 6.07 Å². The molecule has 3 nitrogen and oxygen atoms in total. The van der Waals surface area contributed by atoms with E-state index in [0.717, 1.165) is 17.6 Å². The normalized spacial score (nSPS) is 15.7. The van der Waals surface area contributed by atoms with Crippen LogP contribution in [0.15, 0.2) is 54.9 Å². The molecule has 0 aliphatic heterocycles. The number of aromatic nitrogens is 2. The first-order valence-electron chi connectivity index (χ1n) is 8.28. The highest BCUT2D eigenvalue weighted by Gasteiger charge is 2.32. The molecule has 1 heterocycles. The Morgan fingerprint density at radius 1 is 1.00 bits per heavy atom. The van der Waals surface area contributed by atoms with Crippen molar-refractivity contribution in [2.45, 2.75) is 25.9 Å². The van der Waals surface area contributed by atoms with Crippen molar-refractivity contribution in [1.29, 1.82) is 0 Å². The molecule has 1 saturated carbocycles. The van der Waals surface area contributed by atoms with Crippen molar-refractivity contribution in [1.82, 2.24) is 9.97 Å². The minimum Gasteiger partial charge on any atom is -0.374 e. The predicted octanol–water partition coefficient (Wildman–Crippen LogP) is 4.78. The second-order valence-electron chi connectivity index (χ2n) is 6.10. The van der Waals surface area contributed by atoms with Crippen molar-refractivity contribution in [3.05, 3.63) is 60.4 Å². The molecule has 0 amide bonds. The molecule has 1 aromatic heterocycles.